The summed E-state index contributed by atoms with van der Waals surface area (Å²) < 4.78 is 15.7. The van der Waals surface area contributed by atoms with Crippen LogP contribution in [-0.4, -0.2) is 38.2 Å². The first-order valence-electron chi connectivity index (χ1n) is 9.23. The smallest absolute Gasteiger partial charge is 0.353 e. The second kappa shape index (κ2) is 10.7. The summed E-state index contributed by atoms with van der Waals surface area (Å²) in [5.74, 6) is -1.31. The number of para-hydroxylation sites is 1. The highest BCUT2D eigenvalue weighted by molar-refractivity contribution is 7.12. The molecule has 0 aliphatic carbocycles. The van der Waals surface area contributed by atoms with Crippen LogP contribution in [0.25, 0.3) is 0 Å². The van der Waals surface area contributed by atoms with Gasteiger partial charge in [0.2, 0.25) is 0 Å². The maximum atomic E-state index is 12.2. The Labute approximate surface area is 187 Å². The molecule has 0 fully saturated rings. The molecule has 9 nitrogen and oxygen atoms in total. The first kappa shape index (κ1) is 22.5. The number of anilines is 1. The lowest BCUT2D eigenvalue weighted by Crippen LogP contribution is -2.32. The quantitative estimate of drug-likeness (QED) is 0.187. The summed E-state index contributed by atoms with van der Waals surface area (Å²) in [6, 6.07) is 14.8. The van der Waals surface area contributed by atoms with Gasteiger partial charge < -0.3 is 19.5 Å². The number of hydrogen-bond acceptors (Lipinski definition) is 8. The van der Waals surface area contributed by atoms with Gasteiger partial charge in [0.1, 0.15) is 22.1 Å². The number of methoxy groups -OCH3 is 2. The minimum Gasteiger partial charge on any atom is -0.497 e. The van der Waals surface area contributed by atoms with E-state index in [2.05, 4.69) is 15.8 Å². The molecule has 0 atom stereocenters. The maximum Gasteiger partial charge on any atom is 0.353 e. The standard InChI is InChI=1S/C22H19N3O6S/c1-29-15-9-10-16(18(12-15)30-2)24-20(26)21(27)25-23-13-14-6-3-4-7-17(14)31-22(28)19-8-5-11-32-19/h3-13H,1-2H3,(H,24,26)(H,25,27). The Hall–Kier alpha value is -4.18. The Balaban J connectivity index is 1.62. The van der Waals surface area contributed by atoms with E-state index in [-0.39, 0.29) is 5.75 Å². The monoisotopic (exact) mass is 453 g/mol. The van der Waals surface area contributed by atoms with Crippen LogP contribution in [0.2, 0.25) is 0 Å². The molecule has 0 aliphatic rings. The molecule has 0 aliphatic heterocycles. The Morgan fingerprint density at radius 2 is 1.75 bits per heavy atom. The molecule has 1 aromatic heterocycles. The molecule has 0 saturated carbocycles. The van der Waals surface area contributed by atoms with Gasteiger partial charge in [0.05, 0.1) is 26.1 Å². The Bertz CT molecular complexity index is 1140. The van der Waals surface area contributed by atoms with Crippen molar-refractivity contribution in [2.45, 2.75) is 0 Å². The number of carbonyl (C=O) groups is 3. The van der Waals surface area contributed by atoms with Crippen LogP contribution in [0.1, 0.15) is 15.2 Å². The number of thiophene rings is 1. The number of amides is 2. The molecule has 2 N–H and O–H groups in total. The minimum absolute atomic E-state index is 0.260. The SMILES string of the molecule is COc1ccc(NC(=O)C(=O)NN=Cc2ccccc2OC(=O)c2cccs2)c(OC)c1. The summed E-state index contributed by atoms with van der Waals surface area (Å²) in [5.41, 5.74) is 2.87. The highest BCUT2D eigenvalue weighted by atomic mass is 32.1. The second-order valence-corrected chi connectivity index (χ2v) is 7.07. The van der Waals surface area contributed by atoms with Crippen LogP contribution < -0.4 is 25.0 Å². The normalized spacial score (nSPS) is 10.4. The number of esters is 1. The van der Waals surface area contributed by atoms with Crippen molar-refractivity contribution in [1.29, 1.82) is 0 Å². The van der Waals surface area contributed by atoms with E-state index in [4.69, 9.17) is 14.2 Å². The maximum absolute atomic E-state index is 12.2. The lowest BCUT2D eigenvalue weighted by atomic mass is 10.2. The minimum atomic E-state index is -0.993. The average Bonchev–Trinajstić information content (AvgIpc) is 3.35. The van der Waals surface area contributed by atoms with Crippen molar-refractivity contribution in [2.75, 3.05) is 19.5 Å². The van der Waals surface area contributed by atoms with E-state index in [1.165, 1.54) is 31.8 Å². The van der Waals surface area contributed by atoms with Gasteiger partial charge in [-0.25, -0.2) is 10.2 Å². The highest BCUT2D eigenvalue weighted by Crippen LogP contribution is 2.28. The third kappa shape index (κ3) is 5.70. The number of ether oxygens (including phenoxy) is 3. The van der Waals surface area contributed by atoms with Gasteiger partial charge in [-0.05, 0) is 35.7 Å². The van der Waals surface area contributed by atoms with Crippen molar-refractivity contribution < 1.29 is 28.6 Å². The van der Waals surface area contributed by atoms with E-state index >= 15 is 0 Å². The van der Waals surface area contributed by atoms with Crippen LogP contribution >= 0.6 is 11.3 Å². The van der Waals surface area contributed by atoms with Crippen molar-refractivity contribution in [3.63, 3.8) is 0 Å². The Morgan fingerprint density at radius 3 is 2.47 bits per heavy atom. The molecule has 10 heteroatoms. The fourth-order valence-electron chi connectivity index (χ4n) is 2.52. The van der Waals surface area contributed by atoms with Crippen molar-refractivity contribution in [3.8, 4) is 17.2 Å². The van der Waals surface area contributed by atoms with Crippen molar-refractivity contribution in [3.05, 3.63) is 70.4 Å². The van der Waals surface area contributed by atoms with E-state index < -0.39 is 17.8 Å². The van der Waals surface area contributed by atoms with Gasteiger partial charge in [0.15, 0.2) is 0 Å². The van der Waals surface area contributed by atoms with Gasteiger partial charge in [-0.1, -0.05) is 18.2 Å². The van der Waals surface area contributed by atoms with Crippen LogP contribution in [0.3, 0.4) is 0 Å². The predicted molar refractivity (Wildman–Crippen MR) is 120 cm³/mol. The van der Waals surface area contributed by atoms with Crippen LogP contribution in [0.4, 0.5) is 5.69 Å². The number of nitrogens with zero attached hydrogens (tertiary/aromatic N) is 1. The van der Waals surface area contributed by atoms with Crippen LogP contribution in [-0.2, 0) is 9.59 Å². The third-order valence-corrected chi connectivity index (χ3v) is 4.93. The molecule has 164 valence electrons. The first-order valence-corrected chi connectivity index (χ1v) is 10.1. The largest absolute Gasteiger partial charge is 0.497 e. The van der Waals surface area contributed by atoms with Gasteiger partial charge in [0.25, 0.3) is 0 Å². The molecule has 0 spiro atoms. The van der Waals surface area contributed by atoms with Crippen molar-refractivity contribution in [1.82, 2.24) is 5.43 Å². The summed E-state index contributed by atoms with van der Waals surface area (Å²) in [5, 5.41) is 7.99. The lowest BCUT2D eigenvalue weighted by molar-refractivity contribution is -0.136. The third-order valence-electron chi connectivity index (χ3n) is 4.08. The number of nitrogens with one attached hydrogen (secondary N) is 2. The molecule has 32 heavy (non-hydrogen) atoms. The Morgan fingerprint density at radius 1 is 0.938 bits per heavy atom. The molecule has 0 bridgehead atoms. The van der Waals surface area contributed by atoms with Gasteiger partial charge in [-0.2, -0.15) is 5.10 Å². The number of benzene rings is 2. The van der Waals surface area contributed by atoms with Gasteiger partial charge in [-0.3, -0.25) is 9.59 Å². The Kier molecular flexibility index (Phi) is 7.55. The molecule has 3 aromatic rings. The number of hydrazone groups is 1. The number of hydrogen-bond donors (Lipinski definition) is 2. The molecule has 3 rings (SSSR count). The highest BCUT2D eigenvalue weighted by Gasteiger charge is 2.16. The summed E-state index contributed by atoms with van der Waals surface area (Å²) in [4.78, 5) is 36.9. The van der Waals surface area contributed by atoms with Crippen LogP contribution in [0.15, 0.2) is 65.1 Å². The summed E-state index contributed by atoms with van der Waals surface area (Å²) in [6.45, 7) is 0. The van der Waals surface area contributed by atoms with E-state index in [1.807, 2.05) is 0 Å². The van der Waals surface area contributed by atoms with Gasteiger partial charge in [-0.15, -0.1) is 11.3 Å². The topological polar surface area (TPSA) is 115 Å². The number of carbonyl (C=O) groups excluding carboxylic acids is 3. The number of rotatable bonds is 7. The van der Waals surface area contributed by atoms with Crippen LogP contribution in [0, 0.1) is 0 Å². The fraction of sp³-hybridized carbons (Fsp3) is 0.0909. The zero-order valence-corrected chi connectivity index (χ0v) is 18.0. The molecule has 2 amide bonds. The van der Waals surface area contributed by atoms with E-state index in [1.54, 1.807) is 60.0 Å². The molecular weight excluding hydrogens is 434 g/mol. The van der Waals surface area contributed by atoms with Gasteiger partial charge >= 0.3 is 17.8 Å². The first-order chi connectivity index (χ1) is 15.5. The van der Waals surface area contributed by atoms with E-state index in [0.717, 1.165) is 0 Å². The van der Waals surface area contributed by atoms with Crippen molar-refractivity contribution >= 4 is 41.0 Å². The molecule has 0 unspecified atom stereocenters. The molecule has 0 saturated heterocycles. The second-order valence-electron chi connectivity index (χ2n) is 6.12. The summed E-state index contributed by atoms with van der Waals surface area (Å²) in [6.07, 6.45) is 1.27. The zero-order chi connectivity index (χ0) is 22.9. The predicted octanol–water partition coefficient (Wildman–Crippen LogP) is 3.07. The van der Waals surface area contributed by atoms with E-state index in [0.29, 0.717) is 27.6 Å². The zero-order valence-electron chi connectivity index (χ0n) is 17.2. The molecule has 1 heterocycles. The average molecular weight is 453 g/mol. The lowest BCUT2D eigenvalue weighted by Gasteiger charge is -2.11. The van der Waals surface area contributed by atoms with E-state index in [9.17, 15) is 14.4 Å². The summed E-state index contributed by atoms with van der Waals surface area (Å²) >= 11 is 1.26. The van der Waals surface area contributed by atoms with Crippen molar-refractivity contribution in [2.24, 2.45) is 5.10 Å². The molecule has 2 aromatic carbocycles. The molecular formula is C22H19N3O6S. The summed E-state index contributed by atoms with van der Waals surface area (Å²) in [7, 11) is 2.93. The fourth-order valence-corrected chi connectivity index (χ4v) is 3.12. The molecule has 0 radical (unpaired) electrons. The van der Waals surface area contributed by atoms with Crippen LogP contribution in [0.5, 0.6) is 17.2 Å². The van der Waals surface area contributed by atoms with Gasteiger partial charge in [0, 0.05) is 11.6 Å².